The number of amides is 1. The number of pyridine rings is 1. The van der Waals surface area contributed by atoms with E-state index >= 15 is 0 Å². The molecule has 1 aromatic carbocycles. The van der Waals surface area contributed by atoms with Crippen molar-refractivity contribution in [2.75, 3.05) is 26.9 Å². The lowest BCUT2D eigenvalue weighted by Crippen LogP contribution is -2.55. The number of carbonyl (C=O) groups excluding carboxylic acids is 1. The number of aromatic nitrogens is 3. The number of quaternary nitrogens is 1. The number of hydroxylamine groups is 2. The minimum absolute atomic E-state index is 0.000539. The van der Waals surface area contributed by atoms with Gasteiger partial charge in [-0.25, -0.2) is 0 Å². The van der Waals surface area contributed by atoms with E-state index < -0.39 is 22.7 Å². The molecular weight excluding hydrogens is 491 g/mol. The summed E-state index contributed by atoms with van der Waals surface area (Å²) in [4.78, 5) is 23.4. The van der Waals surface area contributed by atoms with Gasteiger partial charge in [-0.3, -0.25) is 19.3 Å². The van der Waals surface area contributed by atoms with E-state index in [9.17, 15) is 28.3 Å². The van der Waals surface area contributed by atoms with Gasteiger partial charge >= 0.3 is 6.36 Å². The number of fused-ring (bicyclic) bond motifs is 1. The summed E-state index contributed by atoms with van der Waals surface area (Å²) in [5, 5.41) is 23.0. The molecule has 1 aliphatic heterocycles. The lowest BCUT2D eigenvalue weighted by atomic mass is 10.2. The number of alkyl halides is 3. The predicted octanol–water partition coefficient (Wildman–Crippen LogP) is 3.78. The van der Waals surface area contributed by atoms with Gasteiger partial charge in [0.25, 0.3) is 11.7 Å². The number of aliphatic hydroxyl groups is 1. The van der Waals surface area contributed by atoms with Crippen LogP contribution in [0, 0.1) is 5.21 Å². The van der Waals surface area contributed by atoms with Gasteiger partial charge in [0.05, 0.1) is 24.3 Å². The zero-order valence-corrected chi connectivity index (χ0v) is 19.3. The van der Waals surface area contributed by atoms with Crippen LogP contribution in [0.4, 0.5) is 19.0 Å². The summed E-state index contributed by atoms with van der Waals surface area (Å²) in [5.74, 6) is -0.906. The maximum Gasteiger partial charge on any atom is 0.573 e. The van der Waals surface area contributed by atoms with E-state index in [0.717, 1.165) is 12.1 Å². The number of carbonyl (C=O) groups is 1. The molecule has 0 radical (unpaired) electrons. The third-order valence-electron chi connectivity index (χ3n) is 5.35. The first-order valence-corrected chi connectivity index (χ1v) is 10.9. The average Bonchev–Trinajstić information content (AvgIpc) is 3.16. The standard InChI is InChI=1S/C22H21ClF3N5O4/c1-31(34)13-29(8-3-9-32)21(33)18-20(31)28-19(30(18)12-16-7-6-15(23)11-27-16)14-4-2-5-17(10-14)35-22(24,25)26/h2,4-7,10-11,32H,3,8-9,12-13H2,1H3. The number of halogens is 4. The van der Waals surface area contributed by atoms with Gasteiger partial charge in [-0.05, 0) is 30.7 Å². The Labute approximate surface area is 203 Å². The molecule has 4 rings (SSSR count). The summed E-state index contributed by atoms with van der Waals surface area (Å²) in [6.07, 6.45) is -3.20. The Kier molecular flexibility index (Phi) is 6.73. The first-order valence-electron chi connectivity index (χ1n) is 10.5. The quantitative estimate of drug-likeness (QED) is 0.382. The second kappa shape index (κ2) is 9.46. The van der Waals surface area contributed by atoms with E-state index in [-0.39, 0.29) is 55.7 Å². The highest BCUT2D eigenvalue weighted by molar-refractivity contribution is 6.30. The van der Waals surface area contributed by atoms with Gasteiger partial charge in [-0.1, -0.05) is 23.7 Å². The van der Waals surface area contributed by atoms with E-state index in [2.05, 4.69) is 14.7 Å². The SMILES string of the molecule is C[N+]1([O-])CN(CCCO)C(=O)c2c1nc(-c1cccc(OC(F)(F)F)c1)n2Cc1ccc(Cl)cn1. The molecule has 35 heavy (non-hydrogen) atoms. The zero-order valence-electron chi connectivity index (χ0n) is 18.5. The fourth-order valence-corrected chi connectivity index (χ4v) is 4.00. The largest absolute Gasteiger partial charge is 0.625 e. The average molecular weight is 512 g/mol. The summed E-state index contributed by atoms with van der Waals surface area (Å²) in [6, 6.07) is 8.37. The van der Waals surface area contributed by atoms with Crippen LogP contribution in [0.15, 0.2) is 42.6 Å². The smallest absolute Gasteiger partial charge is 0.573 e. The number of rotatable bonds is 7. The van der Waals surface area contributed by atoms with Crippen LogP contribution in [0.2, 0.25) is 5.02 Å². The minimum atomic E-state index is -4.89. The molecule has 2 aromatic heterocycles. The van der Waals surface area contributed by atoms with Crippen molar-refractivity contribution in [2.45, 2.75) is 19.3 Å². The minimum Gasteiger partial charge on any atom is -0.625 e. The third kappa shape index (κ3) is 5.40. The molecule has 1 N–H and O–H groups in total. The summed E-state index contributed by atoms with van der Waals surface area (Å²) in [6.45, 7) is -0.235. The van der Waals surface area contributed by atoms with Crippen molar-refractivity contribution in [3.8, 4) is 17.1 Å². The van der Waals surface area contributed by atoms with Crippen molar-refractivity contribution in [1.82, 2.24) is 24.1 Å². The molecule has 1 unspecified atom stereocenters. The van der Waals surface area contributed by atoms with Crippen LogP contribution in [0.1, 0.15) is 22.6 Å². The number of hydrogen-bond donors (Lipinski definition) is 1. The van der Waals surface area contributed by atoms with E-state index in [1.54, 1.807) is 12.1 Å². The summed E-state index contributed by atoms with van der Waals surface area (Å²) >= 11 is 5.92. The number of benzene rings is 1. The molecule has 1 atom stereocenters. The van der Waals surface area contributed by atoms with Crippen LogP contribution in [-0.4, -0.2) is 63.7 Å². The Morgan fingerprint density at radius 1 is 1.29 bits per heavy atom. The lowest BCUT2D eigenvalue weighted by molar-refractivity contribution is -0.274. The molecule has 9 nitrogen and oxygen atoms in total. The third-order valence-corrected chi connectivity index (χ3v) is 5.57. The van der Waals surface area contributed by atoms with Gasteiger partial charge in [0.15, 0.2) is 12.4 Å². The molecule has 3 aromatic rings. The molecule has 0 saturated heterocycles. The summed E-state index contributed by atoms with van der Waals surface area (Å²) in [7, 11) is 1.34. The number of imidazole rings is 1. The highest BCUT2D eigenvalue weighted by Crippen LogP contribution is 2.37. The number of ether oxygens (including phenoxy) is 1. The van der Waals surface area contributed by atoms with Crippen LogP contribution in [0.5, 0.6) is 5.75 Å². The Morgan fingerprint density at radius 2 is 2.06 bits per heavy atom. The zero-order chi connectivity index (χ0) is 25.4. The van der Waals surface area contributed by atoms with Crippen molar-refractivity contribution in [2.24, 2.45) is 0 Å². The van der Waals surface area contributed by atoms with Crippen molar-refractivity contribution < 1.29 is 27.8 Å². The first-order chi connectivity index (χ1) is 16.5. The highest BCUT2D eigenvalue weighted by atomic mass is 35.5. The molecule has 186 valence electrons. The summed E-state index contributed by atoms with van der Waals surface area (Å²) < 4.78 is 42.8. The van der Waals surface area contributed by atoms with E-state index in [1.807, 2.05) is 0 Å². The van der Waals surface area contributed by atoms with Gasteiger partial charge in [-0.2, -0.15) is 4.98 Å². The fourth-order valence-electron chi connectivity index (χ4n) is 3.89. The van der Waals surface area contributed by atoms with Gasteiger partial charge < -0.3 is 19.6 Å². The molecule has 0 bridgehead atoms. The highest BCUT2D eigenvalue weighted by Gasteiger charge is 2.41. The van der Waals surface area contributed by atoms with Crippen LogP contribution < -0.4 is 9.38 Å². The van der Waals surface area contributed by atoms with Crippen LogP contribution in [0.25, 0.3) is 11.4 Å². The maximum atomic E-state index is 13.4. The lowest BCUT2D eigenvalue weighted by Gasteiger charge is -2.43. The summed E-state index contributed by atoms with van der Waals surface area (Å²) in [5.41, 5.74) is 0.698. The topological polar surface area (TPSA) is 104 Å². The van der Waals surface area contributed by atoms with Crippen molar-refractivity contribution in [3.05, 3.63) is 64.2 Å². The van der Waals surface area contributed by atoms with Crippen LogP contribution in [0.3, 0.4) is 0 Å². The predicted molar refractivity (Wildman–Crippen MR) is 121 cm³/mol. The molecule has 1 aliphatic rings. The Balaban J connectivity index is 1.87. The Hall–Kier alpha value is -3.19. The molecule has 1 amide bonds. The second-order valence-electron chi connectivity index (χ2n) is 8.13. The van der Waals surface area contributed by atoms with Gasteiger partial charge in [-0.15, -0.1) is 13.2 Å². The van der Waals surface area contributed by atoms with Crippen LogP contribution >= 0.6 is 11.6 Å². The second-order valence-corrected chi connectivity index (χ2v) is 8.56. The molecule has 13 heteroatoms. The number of nitrogens with zero attached hydrogens (tertiary/aromatic N) is 5. The van der Waals surface area contributed by atoms with Crippen LogP contribution in [-0.2, 0) is 6.54 Å². The monoisotopic (exact) mass is 511 g/mol. The molecular formula is C22H21ClF3N5O4. The number of hydrogen-bond acceptors (Lipinski definition) is 6. The van der Waals surface area contributed by atoms with Gasteiger partial charge in [0.1, 0.15) is 11.6 Å². The van der Waals surface area contributed by atoms with Crippen molar-refractivity contribution in [3.63, 3.8) is 0 Å². The number of aliphatic hydroxyl groups excluding tert-OH is 1. The van der Waals surface area contributed by atoms with Crippen molar-refractivity contribution >= 4 is 23.3 Å². The molecule has 0 saturated carbocycles. The molecule has 0 aliphatic carbocycles. The molecule has 0 fully saturated rings. The van der Waals surface area contributed by atoms with Crippen molar-refractivity contribution in [1.29, 1.82) is 0 Å². The van der Waals surface area contributed by atoms with E-state index in [4.69, 9.17) is 11.6 Å². The fraction of sp³-hybridized carbons (Fsp3) is 0.318. The molecule has 0 spiro atoms. The maximum absolute atomic E-state index is 13.4. The van der Waals surface area contributed by atoms with E-state index in [1.165, 1.54) is 34.8 Å². The first kappa shape index (κ1) is 24.9. The van der Waals surface area contributed by atoms with E-state index in [0.29, 0.717) is 10.7 Å². The normalized spacial score (nSPS) is 18.0. The molecule has 3 heterocycles. The Bertz CT molecular complexity index is 1230. The van der Waals surface area contributed by atoms with Gasteiger partial charge in [0, 0.05) is 24.9 Å². The Morgan fingerprint density at radius 3 is 2.71 bits per heavy atom. The van der Waals surface area contributed by atoms with Gasteiger partial charge in [0.2, 0.25) is 0 Å².